The molecule has 1 N–H and O–H groups in total. The van der Waals surface area contributed by atoms with E-state index in [1.54, 1.807) is 30.3 Å². The number of carbonyl (C=O) groups excluding carboxylic acids is 1. The Labute approximate surface area is 190 Å². The number of sulfonamides is 1. The van der Waals surface area contributed by atoms with Gasteiger partial charge in [-0.1, -0.05) is 52.3 Å². The van der Waals surface area contributed by atoms with E-state index < -0.39 is 22.5 Å². The summed E-state index contributed by atoms with van der Waals surface area (Å²) in [6.07, 6.45) is 1.50. The molecule has 0 saturated heterocycles. The number of hydrazone groups is 1. The third-order valence-electron chi connectivity index (χ3n) is 4.39. The Morgan fingerprint density at radius 2 is 1.61 bits per heavy atom. The van der Waals surface area contributed by atoms with Gasteiger partial charge in [0, 0.05) is 4.47 Å². The van der Waals surface area contributed by atoms with Crippen molar-refractivity contribution in [1.29, 1.82) is 0 Å². The van der Waals surface area contributed by atoms with E-state index in [1.165, 1.54) is 18.3 Å². The maximum absolute atomic E-state index is 13.3. The van der Waals surface area contributed by atoms with Gasteiger partial charge >= 0.3 is 0 Å². The van der Waals surface area contributed by atoms with Crippen molar-refractivity contribution in [3.05, 3.63) is 94.0 Å². The Bertz CT molecular complexity index is 1170. The number of halogens is 1. The zero-order valence-electron chi connectivity index (χ0n) is 17.1. The first-order valence-electron chi connectivity index (χ1n) is 9.49. The lowest BCUT2D eigenvalue weighted by Crippen LogP contribution is -2.39. The predicted molar refractivity (Wildman–Crippen MR) is 127 cm³/mol. The number of benzene rings is 3. The summed E-state index contributed by atoms with van der Waals surface area (Å²) >= 11 is 3.36. The van der Waals surface area contributed by atoms with Crippen molar-refractivity contribution in [2.24, 2.45) is 5.10 Å². The minimum Gasteiger partial charge on any atom is -0.271 e. The second-order valence-electron chi connectivity index (χ2n) is 7.02. The number of aryl methyl sites for hydroxylation is 2. The minimum atomic E-state index is -3.95. The zero-order valence-corrected chi connectivity index (χ0v) is 19.5. The Morgan fingerprint density at radius 3 is 2.23 bits per heavy atom. The maximum Gasteiger partial charge on any atom is 0.264 e. The fourth-order valence-electron chi connectivity index (χ4n) is 3.02. The highest BCUT2D eigenvalue weighted by atomic mass is 79.9. The van der Waals surface area contributed by atoms with Crippen LogP contribution in [0.4, 0.5) is 5.69 Å². The van der Waals surface area contributed by atoms with Gasteiger partial charge in [0.15, 0.2) is 0 Å². The average molecular weight is 500 g/mol. The highest BCUT2D eigenvalue weighted by Gasteiger charge is 2.27. The fourth-order valence-corrected chi connectivity index (χ4v) is 4.71. The number of carbonyl (C=O) groups is 1. The topological polar surface area (TPSA) is 78.8 Å². The van der Waals surface area contributed by atoms with Crippen molar-refractivity contribution >= 4 is 43.8 Å². The molecule has 0 aliphatic rings. The molecule has 6 nitrogen and oxygen atoms in total. The van der Waals surface area contributed by atoms with Gasteiger partial charge in [0.1, 0.15) is 6.54 Å². The maximum atomic E-state index is 13.3. The summed E-state index contributed by atoms with van der Waals surface area (Å²) in [6.45, 7) is 3.36. The molecule has 0 aliphatic carbocycles. The largest absolute Gasteiger partial charge is 0.271 e. The summed E-state index contributed by atoms with van der Waals surface area (Å²) in [5, 5.41) is 3.95. The number of amides is 1. The molecule has 0 radical (unpaired) electrons. The van der Waals surface area contributed by atoms with E-state index in [-0.39, 0.29) is 4.90 Å². The molecule has 0 spiro atoms. The Morgan fingerprint density at radius 1 is 1.00 bits per heavy atom. The van der Waals surface area contributed by atoms with Crippen LogP contribution in [0.2, 0.25) is 0 Å². The van der Waals surface area contributed by atoms with Crippen molar-refractivity contribution in [3.63, 3.8) is 0 Å². The molecule has 8 heteroatoms. The van der Waals surface area contributed by atoms with Gasteiger partial charge in [-0.05, 0) is 66.9 Å². The number of rotatable bonds is 7. The summed E-state index contributed by atoms with van der Waals surface area (Å²) < 4.78 is 28.7. The van der Waals surface area contributed by atoms with Crippen LogP contribution in [-0.2, 0) is 14.8 Å². The summed E-state index contributed by atoms with van der Waals surface area (Å²) in [6, 6.07) is 20.9. The van der Waals surface area contributed by atoms with E-state index in [0.717, 1.165) is 25.5 Å². The van der Waals surface area contributed by atoms with Crippen LogP contribution in [0.25, 0.3) is 0 Å². The van der Waals surface area contributed by atoms with Crippen molar-refractivity contribution in [1.82, 2.24) is 5.43 Å². The lowest BCUT2D eigenvalue weighted by molar-refractivity contribution is -0.119. The number of nitrogens with one attached hydrogen (secondary N) is 1. The first-order valence-corrected chi connectivity index (χ1v) is 11.7. The first-order chi connectivity index (χ1) is 14.8. The Kier molecular flexibility index (Phi) is 7.25. The highest BCUT2D eigenvalue weighted by molar-refractivity contribution is 9.10. The van der Waals surface area contributed by atoms with E-state index >= 15 is 0 Å². The van der Waals surface area contributed by atoms with Crippen LogP contribution in [0.1, 0.15) is 16.7 Å². The Balaban J connectivity index is 1.86. The van der Waals surface area contributed by atoms with Gasteiger partial charge in [-0.3, -0.25) is 9.10 Å². The van der Waals surface area contributed by atoms with E-state index in [2.05, 4.69) is 26.5 Å². The van der Waals surface area contributed by atoms with E-state index in [4.69, 9.17) is 0 Å². The minimum absolute atomic E-state index is 0.111. The van der Waals surface area contributed by atoms with Crippen LogP contribution in [0.3, 0.4) is 0 Å². The van der Waals surface area contributed by atoms with Crippen LogP contribution in [0.5, 0.6) is 0 Å². The second kappa shape index (κ2) is 9.89. The molecular formula is C23H22BrN3O3S. The van der Waals surface area contributed by atoms with Crippen LogP contribution in [0.15, 0.2) is 87.3 Å². The van der Waals surface area contributed by atoms with Crippen molar-refractivity contribution < 1.29 is 13.2 Å². The van der Waals surface area contributed by atoms with E-state index in [9.17, 15) is 13.2 Å². The molecule has 3 aromatic carbocycles. The van der Waals surface area contributed by atoms with Crippen LogP contribution < -0.4 is 9.73 Å². The number of nitrogens with zero attached hydrogens (tertiary/aromatic N) is 2. The number of hydrogen-bond acceptors (Lipinski definition) is 4. The smallest absolute Gasteiger partial charge is 0.264 e. The van der Waals surface area contributed by atoms with E-state index in [1.807, 2.05) is 44.2 Å². The first kappa shape index (κ1) is 22.7. The molecule has 0 bridgehead atoms. The number of anilines is 1. The molecule has 0 heterocycles. The molecular weight excluding hydrogens is 478 g/mol. The third kappa shape index (κ3) is 6.02. The van der Waals surface area contributed by atoms with Crippen molar-refractivity contribution in [2.45, 2.75) is 18.7 Å². The molecule has 0 unspecified atom stereocenters. The predicted octanol–water partition coefficient (Wildman–Crippen LogP) is 4.41. The van der Waals surface area contributed by atoms with Crippen LogP contribution in [-0.4, -0.2) is 27.1 Å². The lowest BCUT2D eigenvalue weighted by atomic mass is 10.1. The molecule has 3 aromatic rings. The van der Waals surface area contributed by atoms with Gasteiger partial charge < -0.3 is 0 Å². The highest BCUT2D eigenvalue weighted by Crippen LogP contribution is 2.25. The molecule has 0 atom stereocenters. The van der Waals surface area contributed by atoms with Gasteiger partial charge in [0.2, 0.25) is 0 Å². The SMILES string of the molecule is Cc1cc(C)cc(N(CC(=O)N/N=C\c2ccc(Br)cc2)S(=O)(=O)c2ccccc2)c1. The molecule has 0 aromatic heterocycles. The fraction of sp³-hybridized carbons (Fsp3) is 0.130. The molecule has 3 rings (SSSR count). The molecule has 0 fully saturated rings. The van der Waals surface area contributed by atoms with Crippen molar-refractivity contribution in [2.75, 3.05) is 10.8 Å². The van der Waals surface area contributed by atoms with E-state index in [0.29, 0.717) is 5.69 Å². The molecule has 0 saturated carbocycles. The molecule has 31 heavy (non-hydrogen) atoms. The van der Waals surface area contributed by atoms with Crippen LogP contribution >= 0.6 is 15.9 Å². The van der Waals surface area contributed by atoms with Crippen molar-refractivity contribution in [3.8, 4) is 0 Å². The quantitative estimate of drug-likeness (QED) is 0.386. The number of hydrogen-bond donors (Lipinski definition) is 1. The van der Waals surface area contributed by atoms with Gasteiger partial charge in [-0.25, -0.2) is 13.8 Å². The van der Waals surface area contributed by atoms with Crippen LogP contribution in [0, 0.1) is 13.8 Å². The average Bonchev–Trinajstić information content (AvgIpc) is 2.73. The normalized spacial score (nSPS) is 11.5. The second-order valence-corrected chi connectivity index (χ2v) is 9.79. The third-order valence-corrected chi connectivity index (χ3v) is 6.70. The van der Waals surface area contributed by atoms with Gasteiger partial charge in [-0.2, -0.15) is 5.10 Å². The monoisotopic (exact) mass is 499 g/mol. The van der Waals surface area contributed by atoms with Gasteiger partial charge in [0.05, 0.1) is 16.8 Å². The van der Waals surface area contributed by atoms with Gasteiger partial charge in [-0.15, -0.1) is 0 Å². The summed E-state index contributed by atoms with van der Waals surface area (Å²) in [4.78, 5) is 12.7. The molecule has 1 amide bonds. The summed E-state index contributed by atoms with van der Waals surface area (Å²) in [5.41, 5.74) is 5.43. The zero-order chi connectivity index (χ0) is 22.4. The lowest BCUT2D eigenvalue weighted by Gasteiger charge is -2.24. The van der Waals surface area contributed by atoms with Gasteiger partial charge in [0.25, 0.3) is 15.9 Å². The summed E-state index contributed by atoms with van der Waals surface area (Å²) in [7, 11) is -3.95. The molecule has 160 valence electrons. The molecule has 0 aliphatic heterocycles. The Hall–Kier alpha value is -2.97. The standard InChI is InChI=1S/C23H22BrN3O3S/c1-17-12-18(2)14-21(13-17)27(31(29,30)22-6-4-3-5-7-22)16-23(28)26-25-15-19-8-10-20(24)11-9-19/h3-15H,16H2,1-2H3,(H,26,28)/b25-15-. The summed E-state index contributed by atoms with van der Waals surface area (Å²) in [5.74, 6) is -0.549.